The molecule has 3 nitrogen and oxygen atoms in total. The van der Waals surface area contributed by atoms with Crippen molar-refractivity contribution in [3.8, 4) is 0 Å². The van der Waals surface area contributed by atoms with Gasteiger partial charge >= 0.3 is 0 Å². The molecule has 0 aromatic heterocycles. The van der Waals surface area contributed by atoms with E-state index in [0.29, 0.717) is 25.2 Å². The maximum Gasteiger partial charge on any atom is 0.158 e. The van der Waals surface area contributed by atoms with E-state index in [1.54, 1.807) is 0 Å². The summed E-state index contributed by atoms with van der Waals surface area (Å²) < 4.78 is 29.2. The SMILES string of the molecule is Fc1ccc(C(CC2CO2)CC2OCCO2)cc1. The van der Waals surface area contributed by atoms with Crippen LogP contribution in [-0.2, 0) is 14.2 Å². The van der Waals surface area contributed by atoms with Crippen LogP contribution in [0.25, 0.3) is 0 Å². The minimum atomic E-state index is -0.200. The lowest BCUT2D eigenvalue weighted by Gasteiger charge is -2.19. The van der Waals surface area contributed by atoms with E-state index in [-0.39, 0.29) is 12.1 Å². The van der Waals surface area contributed by atoms with Crippen molar-refractivity contribution in [3.63, 3.8) is 0 Å². The largest absolute Gasteiger partial charge is 0.373 e. The molecule has 4 heteroatoms. The van der Waals surface area contributed by atoms with Crippen LogP contribution in [0, 0.1) is 5.82 Å². The number of epoxide rings is 1. The molecule has 2 atom stereocenters. The Hall–Kier alpha value is -0.970. The molecule has 98 valence electrons. The highest BCUT2D eigenvalue weighted by Gasteiger charge is 2.30. The van der Waals surface area contributed by atoms with Crippen molar-refractivity contribution < 1.29 is 18.6 Å². The Morgan fingerprint density at radius 1 is 1.06 bits per heavy atom. The Balaban J connectivity index is 1.68. The van der Waals surface area contributed by atoms with Crippen LogP contribution < -0.4 is 0 Å². The zero-order valence-electron chi connectivity index (χ0n) is 10.2. The van der Waals surface area contributed by atoms with Gasteiger partial charge in [-0.1, -0.05) is 12.1 Å². The first kappa shape index (κ1) is 12.1. The van der Waals surface area contributed by atoms with Crippen LogP contribution in [0.3, 0.4) is 0 Å². The van der Waals surface area contributed by atoms with Crippen LogP contribution in [-0.4, -0.2) is 32.2 Å². The van der Waals surface area contributed by atoms with Gasteiger partial charge < -0.3 is 14.2 Å². The van der Waals surface area contributed by atoms with Crippen molar-refractivity contribution in [2.45, 2.75) is 31.2 Å². The highest BCUT2D eigenvalue weighted by molar-refractivity contribution is 5.21. The average molecular weight is 252 g/mol. The van der Waals surface area contributed by atoms with E-state index in [1.165, 1.54) is 12.1 Å². The zero-order chi connectivity index (χ0) is 12.4. The van der Waals surface area contributed by atoms with E-state index < -0.39 is 0 Å². The third kappa shape index (κ3) is 3.07. The first-order chi connectivity index (χ1) is 8.81. The number of ether oxygens (including phenoxy) is 3. The molecule has 0 aliphatic carbocycles. The molecule has 0 spiro atoms. The van der Waals surface area contributed by atoms with E-state index in [9.17, 15) is 4.39 Å². The summed E-state index contributed by atoms with van der Waals surface area (Å²) in [5.74, 6) is 0.106. The summed E-state index contributed by atoms with van der Waals surface area (Å²) in [6.45, 7) is 2.17. The van der Waals surface area contributed by atoms with Crippen LogP contribution in [0.5, 0.6) is 0 Å². The Labute approximate surface area is 106 Å². The topological polar surface area (TPSA) is 31.0 Å². The van der Waals surface area contributed by atoms with Crippen molar-refractivity contribution in [2.24, 2.45) is 0 Å². The summed E-state index contributed by atoms with van der Waals surface area (Å²) in [7, 11) is 0. The first-order valence-electron chi connectivity index (χ1n) is 6.41. The highest BCUT2D eigenvalue weighted by Crippen LogP contribution is 2.32. The second-order valence-electron chi connectivity index (χ2n) is 4.85. The van der Waals surface area contributed by atoms with Crippen molar-refractivity contribution in [2.75, 3.05) is 19.8 Å². The third-order valence-corrected chi connectivity index (χ3v) is 3.46. The average Bonchev–Trinajstić information content (AvgIpc) is 3.04. The lowest BCUT2D eigenvalue weighted by atomic mass is 9.91. The predicted octanol–water partition coefficient (Wildman–Crippen LogP) is 2.46. The molecule has 2 unspecified atom stereocenters. The highest BCUT2D eigenvalue weighted by atomic mass is 19.1. The molecular formula is C14H17FO3. The predicted molar refractivity (Wildman–Crippen MR) is 63.8 cm³/mol. The van der Waals surface area contributed by atoms with Crippen LogP contribution in [0.2, 0.25) is 0 Å². The molecule has 0 bridgehead atoms. The van der Waals surface area contributed by atoms with Gasteiger partial charge in [0.25, 0.3) is 0 Å². The second kappa shape index (κ2) is 5.34. The molecule has 2 aliphatic rings. The summed E-state index contributed by atoms with van der Waals surface area (Å²) >= 11 is 0. The van der Waals surface area contributed by atoms with Gasteiger partial charge in [0, 0.05) is 6.42 Å². The minimum absolute atomic E-state index is 0.126. The Kier molecular flexibility index (Phi) is 3.59. The molecule has 0 N–H and O–H groups in total. The number of hydrogen-bond donors (Lipinski definition) is 0. The second-order valence-corrected chi connectivity index (χ2v) is 4.85. The molecule has 1 aromatic carbocycles. The maximum absolute atomic E-state index is 13.0. The van der Waals surface area contributed by atoms with Gasteiger partial charge in [0.15, 0.2) is 6.29 Å². The van der Waals surface area contributed by atoms with Crippen molar-refractivity contribution in [3.05, 3.63) is 35.6 Å². The molecule has 2 aliphatic heterocycles. The molecule has 18 heavy (non-hydrogen) atoms. The van der Waals surface area contributed by atoms with Gasteiger partial charge in [-0.05, 0) is 30.0 Å². The fourth-order valence-corrected chi connectivity index (χ4v) is 2.40. The van der Waals surface area contributed by atoms with E-state index >= 15 is 0 Å². The fraction of sp³-hybridized carbons (Fsp3) is 0.571. The Morgan fingerprint density at radius 3 is 2.33 bits per heavy atom. The summed E-state index contributed by atoms with van der Waals surface area (Å²) in [5, 5.41) is 0. The van der Waals surface area contributed by atoms with Gasteiger partial charge in [-0.2, -0.15) is 0 Å². The Morgan fingerprint density at radius 2 is 1.72 bits per heavy atom. The molecule has 0 radical (unpaired) electrons. The smallest absolute Gasteiger partial charge is 0.158 e. The summed E-state index contributed by atoms with van der Waals surface area (Å²) in [6.07, 6.45) is 1.99. The summed E-state index contributed by atoms with van der Waals surface area (Å²) in [5.41, 5.74) is 1.13. The van der Waals surface area contributed by atoms with E-state index in [1.807, 2.05) is 12.1 Å². The lowest BCUT2D eigenvalue weighted by Crippen LogP contribution is -2.15. The van der Waals surface area contributed by atoms with E-state index in [4.69, 9.17) is 14.2 Å². The maximum atomic E-state index is 13.0. The molecule has 0 amide bonds. The normalized spacial score (nSPS) is 25.3. The first-order valence-corrected chi connectivity index (χ1v) is 6.41. The van der Waals surface area contributed by atoms with Crippen molar-refractivity contribution in [1.29, 1.82) is 0 Å². The summed E-state index contributed by atoms with van der Waals surface area (Å²) in [4.78, 5) is 0. The van der Waals surface area contributed by atoms with Crippen molar-refractivity contribution >= 4 is 0 Å². The molecule has 1 aromatic rings. The monoisotopic (exact) mass is 252 g/mol. The zero-order valence-corrected chi connectivity index (χ0v) is 10.2. The van der Waals surface area contributed by atoms with Gasteiger partial charge in [-0.3, -0.25) is 0 Å². The number of hydrogen-bond acceptors (Lipinski definition) is 3. The quantitative estimate of drug-likeness (QED) is 0.754. The number of rotatable bonds is 5. The molecule has 3 rings (SSSR count). The third-order valence-electron chi connectivity index (χ3n) is 3.46. The van der Waals surface area contributed by atoms with Gasteiger partial charge in [0.2, 0.25) is 0 Å². The number of halogens is 1. The van der Waals surface area contributed by atoms with E-state index in [2.05, 4.69) is 0 Å². The van der Waals surface area contributed by atoms with Crippen LogP contribution >= 0.6 is 0 Å². The number of benzene rings is 1. The molecular weight excluding hydrogens is 235 g/mol. The van der Waals surface area contributed by atoms with Gasteiger partial charge in [-0.25, -0.2) is 4.39 Å². The fourth-order valence-electron chi connectivity index (χ4n) is 2.40. The molecule has 0 saturated carbocycles. The lowest BCUT2D eigenvalue weighted by molar-refractivity contribution is -0.0518. The van der Waals surface area contributed by atoms with Gasteiger partial charge in [-0.15, -0.1) is 0 Å². The standard InChI is InChI=1S/C14H17FO3/c15-12-3-1-10(2-4-12)11(7-13-9-18-13)8-14-16-5-6-17-14/h1-4,11,13-14H,5-9H2. The molecule has 2 heterocycles. The van der Waals surface area contributed by atoms with Crippen LogP contribution in [0.4, 0.5) is 4.39 Å². The summed E-state index contributed by atoms with van der Waals surface area (Å²) in [6, 6.07) is 6.70. The minimum Gasteiger partial charge on any atom is -0.373 e. The molecule has 2 saturated heterocycles. The molecule has 2 fully saturated rings. The van der Waals surface area contributed by atoms with E-state index in [0.717, 1.165) is 25.0 Å². The van der Waals surface area contributed by atoms with Crippen LogP contribution in [0.1, 0.15) is 24.3 Å². The van der Waals surface area contributed by atoms with Gasteiger partial charge in [0.1, 0.15) is 5.82 Å². The van der Waals surface area contributed by atoms with Crippen molar-refractivity contribution in [1.82, 2.24) is 0 Å². The van der Waals surface area contributed by atoms with Gasteiger partial charge in [0.05, 0.1) is 25.9 Å². The van der Waals surface area contributed by atoms with Crippen LogP contribution in [0.15, 0.2) is 24.3 Å². The Bertz CT molecular complexity index is 383.